The SMILES string of the molecule is COCC(C)Cc1cc(OC(C)C)c(OC)cc1Br. The number of rotatable bonds is 7. The van der Waals surface area contributed by atoms with E-state index in [2.05, 4.69) is 28.9 Å². The van der Waals surface area contributed by atoms with Gasteiger partial charge in [-0.3, -0.25) is 0 Å². The van der Waals surface area contributed by atoms with Gasteiger partial charge >= 0.3 is 0 Å². The van der Waals surface area contributed by atoms with Crippen LogP contribution in [0.25, 0.3) is 0 Å². The molecule has 0 bridgehead atoms. The average Bonchev–Trinajstić information content (AvgIpc) is 2.32. The first-order chi connectivity index (χ1) is 8.97. The predicted molar refractivity (Wildman–Crippen MR) is 81.2 cm³/mol. The molecule has 0 radical (unpaired) electrons. The fourth-order valence-electron chi connectivity index (χ4n) is 1.96. The third-order valence-electron chi connectivity index (χ3n) is 2.71. The van der Waals surface area contributed by atoms with Crippen LogP contribution in [-0.4, -0.2) is 26.9 Å². The van der Waals surface area contributed by atoms with E-state index < -0.39 is 0 Å². The van der Waals surface area contributed by atoms with Crippen molar-refractivity contribution in [3.8, 4) is 11.5 Å². The lowest BCUT2D eigenvalue weighted by Crippen LogP contribution is -2.10. The third-order valence-corrected chi connectivity index (χ3v) is 3.45. The van der Waals surface area contributed by atoms with Crippen LogP contribution in [0.2, 0.25) is 0 Å². The Labute approximate surface area is 124 Å². The van der Waals surface area contributed by atoms with Crippen molar-refractivity contribution in [3.05, 3.63) is 22.2 Å². The van der Waals surface area contributed by atoms with Crippen LogP contribution in [0.15, 0.2) is 16.6 Å². The van der Waals surface area contributed by atoms with E-state index in [0.717, 1.165) is 29.0 Å². The highest BCUT2D eigenvalue weighted by atomic mass is 79.9. The molecule has 0 spiro atoms. The predicted octanol–water partition coefficient (Wildman–Crippen LogP) is 4.07. The van der Waals surface area contributed by atoms with Crippen LogP contribution in [0.4, 0.5) is 0 Å². The van der Waals surface area contributed by atoms with Gasteiger partial charge in [-0.25, -0.2) is 0 Å². The Kier molecular flexibility index (Phi) is 6.66. The smallest absolute Gasteiger partial charge is 0.161 e. The number of hydrogen-bond donors (Lipinski definition) is 0. The van der Waals surface area contributed by atoms with Crippen LogP contribution in [-0.2, 0) is 11.2 Å². The molecule has 1 rings (SSSR count). The fourth-order valence-corrected chi connectivity index (χ4v) is 2.44. The second-order valence-electron chi connectivity index (χ2n) is 5.03. The minimum atomic E-state index is 0.124. The normalized spacial score (nSPS) is 12.6. The fraction of sp³-hybridized carbons (Fsp3) is 0.600. The molecule has 4 heteroatoms. The highest BCUT2D eigenvalue weighted by Gasteiger charge is 2.13. The molecule has 0 aromatic heterocycles. The lowest BCUT2D eigenvalue weighted by atomic mass is 10.0. The van der Waals surface area contributed by atoms with Crippen molar-refractivity contribution in [1.29, 1.82) is 0 Å². The van der Waals surface area contributed by atoms with Crippen LogP contribution in [0.3, 0.4) is 0 Å². The van der Waals surface area contributed by atoms with Gasteiger partial charge < -0.3 is 14.2 Å². The summed E-state index contributed by atoms with van der Waals surface area (Å²) in [6.07, 6.45) is 1.06. The Bertz CT molecular complexity index is 405. The zero-order chi connectivity index (χ0) is 14.4. The summed E-state index contributed by atoms with van der Waals surface area (Å²) in [5.74, 6) is 2.01. The van der Waals surface area contributed by atoms with Gasteiger partial charge in [0.15, 0.2) is 11.5 Å². The number of ether oxygens (including phenoxy) is 3. The van der Waals surface area contributed by atoms with Crippen LogP contribution < -0.4 is 9.47 Å². The van der Waals surface area contributed by atoms with Gasteiger partial charge in [0.05, 0.1) is 13.2 Å². The highest BCUT2D eigenvalue weighted by molar-refractivity contribution is 9.10. The largest absolute Gasteiger partial charge is 0.493 e. The van der Waals surface area contributed by atoms with E-state index in [0.29, 0.717) is 5.92 Å². The molecular formula is C15H23BrO3. The lowest BCUT2D eigenvalue weighted by Gasteiger charge is -2.17. The van der Waals surface area contributed by atoms with E-state index in [-0.39, 0.29) is 6.10 Å². The molecule has 19 heavy (non-hydrogen) atoms. The van der Waals surface area contributed by atoms with Crippen molar-refractivity contribution < 1.29 is 14.2 Å². The lowest BCUT2D eigenvalue weighted by molar-refractivity contribution is 0.159. The molecule has 1 atom stereocenters. The Hall–Kier alpha value is -0.740. The van der Waals surface area contributed by atoms with Gasteiger partial charge in [-0.15, -0.1) is 0 Å². The van der Waals surface area contributed by atoms with Crippen LogP contribution in [0.5, 0.6) is 11.5 Å². The Balaban J connectivity index is 2.98. The number of hydrogen-bond acceptors (Lipinski definition) is 3. The molecule has 108 valence electrons. The van der Waals surface area contributed by atoms with Crippen molar-refractivity contribution in [2.75, 3.05) is 20.8 Å². The highest BCUT2D eigenvalue weighted by Crippen LogP contribution is 2.35. The maximum absolute atomic E-state index is 5.80. The van der Waals surface area contributed by atoms with E-state index in [9.17, 15) is 0 Å². The maximum Gasteiger partial charge on any atom is 0.161 e. The molecule has 1 unspecified atom stereocenters. The molecule has 3 nitrogen and oxygen atoms in total. The summed E-state index contributed by atoms with van der Waals surface area (Å²) in [7, 11) is 3.38. The van der Waals surface area contributed by atoms with Gasteiger partial charge in [0, 0.05) is 18.2 Å². The van der Waals surface area contributed by atoms with Gasteiger partial charge in [-0.2, -0.15) is 0 Å². The van der Waals surface area contributed by atoms with Crippen molar-refractivity contribution in [2.24, 2.45) is 5.92 Å². The number of methoxy groups -OCH3 is 2. The Morgan fingerprint density at radius 2 is 1.79 bits per heavy atom. The molecular weight excluding hydrogens is 308 g/mol. The molecule has 0 fully saturated rings. The van der Waals surface area contributed by atoms with Crippen LogP contribution in [0.1, 0.15) is 26.3 Å². The maximum atomic E-state index is 5.80. The average molecular weight is 331 g/mol. The van der Waals surface area contributed by atoms with Crippen molar-refractivity contribution in [2.45, 2.75) is 33.3 Å². The van der Waals surface area contributed by atoms with E-state index in [4.69, 9.17) is 14.2 Å². The Morgan fingerprint density at radius 3 is 2.32 bits per heavy atom. The molecule has 0 aliphatic heterocycles. The molecule has 0 amide bonds. The second kappa shape index (κ2) is 7.75. The molecule has 0 aliphatic carbocycles. The van der Waals surface area contributed by atoms with Gasteiger partial charge in [-0.05, 0) is 43.9 Å². The molecule has 0 N–H and O–H groups in total. The Morgan fingerprint density at radius 1 is 1.11 bits per heavy atom. The molecule has 1 aromatic rings. The van der Waals surface area contributed by atoms with E-state index in [1.807, 2.05) is 19.9 Å². The molecule has 0 saturated carbocycles. The van der Waals surface area contributed by atoms with Crippen molar-refractivity contribution >= 4 is 15.9 Å². The zero-order valence-corrected chi connectivity index (χ0v) is 13.9. The third kappa shape index (κ3) is 5.03. The zero-order valence-electron chi connectivity index (χ0n) is 12.3. The summed E-state index contributed by atoms with van der Waals surface area (Å²) in [5.41, 5.74) is 1.21. The van der Waals surface area contributed by atoms with E-state index >= 15 is 0 Å². The van der Waals surface area contributed by atoms with Gasteiger partial charge in [0.1, 0.15) is 0 Å². The van der Waals surface area contributed by atoms with Gasteiger partial charge in [0.25, 0.3) is 0 Å². The van der Waals surface area contributed by atoms with Crippen molar-refractivity contribution in [1.82, 2.24) is 0 Å². The van der Waals surface area contributed by atoms with E-state index in [1.54, 1.807) is 14.2 Å². The molecule has 0 heterocycles. The second-order valence-corrected chi connectivity index (χ2v) is 5.88. The van der Waals surface area contributed by atoms with E-state index in [1.165, 1.54) is 5.56 Å². The molecule has 1 aromatic carbocycles. The number of halogens is 1. The van der Waals surface area contributed by atoms with Crippen molar-refractivity contribution in [3.63, 3.8) is 0 Å². The first-order valence-corrected chi connectivity index (χ1v) is 7.29. The summed E-state index contributed by atoms with van der Waals surface area (Å²) in [5, 5.41) is 0. The van der Waals surface area contributed by atoms with Gasteiger partial charge in [0.2, 0.25) is 0 Å². The minimum absolute atomic E-state index is 0.124. The standard InChI is InChI=1S/C15H23BrO3/c1-10(2)19-15-7-12(6-11(3)9-17-4)13(16)8-14(15)18-5/h7-8,10-11H,6,9H2,1-5H3. The molecule has 0 aliphatic rings. The first-order valence-electron chi connectivity index (χ1n) is 6.49. The monoisotopic (exact) mass is 330 g/mol. The summed E-state index contributed by atoms with van der Waals surface area (Å²) in [6, 6.07) is 4.02. The first kappa shape index (κ1) is 16.3. The van der Waals surface area contributed by atoms with Gasteiger partial charge in [-0.1, -0.05) is 22.9 Å². The minimum Gasteiger partial charge on any atom is -0.493 e. The summed E-state index contributed by atoms with van der Waals surface area (Å²) in [6.45, 7) is 6.94. The quantitative estimate of drug-likeness (QED) is 0.754. The van der Waals surface area contributed by atoms with Crippen LogP contribution >= 0.6 is 15.9 Å². The topological polar surface area (TPSA) is 27.7 Å². The number of benzene rings is 1. The van der Waals surface area contributed by atoms with Crippen LogP contribution in [0, 0.1) is 5.92 Å². The molecule has 0 saturated heterocycles. The summed E-state index contributed by atoms with van der Waals surface area (Å²) >= 11 is 3.59. The summed E-state index contributed by atoms with van der Waals surface area (Å²) in [4.78, 5) is 0. The summed E-state index contributed by atoms with van der Waals surface area (Å²) < 4.78 is 17.4.